The summed E-state index contributed by atoms with van der Waals surface area (Å²) >= 11 is 5.12. The highest BCUT2D eigenvalue weighted by atomic mass is 127. The third kappa shape index (κ3) is 5.85. The van der Waals surface area contributed by atoms with Crippen molar-refractivity contribution in [3.63, 3.8) is 0 Å². The van der Waals surface area contributed by atoms with Crippen molar-refractivity contribution in [1.29, 1.82) is 0 Å². The maximum absolute atomic E-state index is 13.2. The SMILES string of the molecule is CN=C(NCc1ccc(F)c(C)c1)NCc1cc(Br)cs1.I. The average Bonchev–Trinajstić information content (AvgIpc) is 2.88. The van der Waals surface area contributed by atoms with Crippen molar-refractivity contribution in [2.75, 3.05) is 7.05 Å². The van der Waals surface area contributed by atoms with E-state index in [0.717, 1.165) is 22.5 Å². The standard InChI is InChI=1S/C15H17BrFN3S.HI/c1-10-5-11(3-4-14(10)17)7-19-15(18-2)20-8-13-6-12(16)9-21-13;/h3-6,9H,7-8H2,1-2H3,(H2,18,19,20);1H. The highest BCUT2D eigenvalue weighted by Gasteiger charge is 2.02. The lowest BCUT2D eigenvalue weighted by Gasteiger charge is -2.11. The molecule has 1 heterocycles. The molecule has 0 aliphatic rings. The van der Waals surface area contributed by atoms with Gasteiger partial charge < -0.3 is 10.6 Å². The fourth-order valence-electron chi connectivity index (χ4n) is 1.84. The van der Waals surface area contributed by atoms with Gasteiger partial charge >= 0.3 is 0 Å². The van der Waals surface area contributed by atoms with Gasteiger partial charge in [-0.2, -0.15) is 0 Å². The van der Waals surface area contributed by atoms with Crippen LogP contribution in [0.2, 0.25) is 0 Å². The molecule has 0 fully saturated rings. The molecular weight excluding hydrogens is 480 g/mol. The number of hydrogen-bond acceptors (Lipinski definition) is 2. The van der Waals surface area contributed by atoms with E-state index in [0.29, 0.717) is 12.1 Å². The summed E-state index contributed by atoms with van der Waals surface area (Å²) in [6, 6.07) is 7.19. The predicted octanol–water partition coefficient (Wildman–Crippen LogP) is 4.44. The Kier molecular flexibility index (Phi) is 8.34. The van der Waals surface area contributed by atoms with Gasteiger partial charge in [0.25, 0.3) is 0 Å². The number of hydrogen-bond donors (Lipinski definition) is 2. The topological polar surface area (TPSA) is 36.4 Å². The van der Waals surface area contributed by atoms with E-state index in [4.69, 9.17) is 0 Å². The summed E-state index contributed by atoms with van der Waals surface area (Å²) in [5.74, 6) is 0.547. The quantitative estimate of drug-likeness (QED) is 0.372. The van der Waals surface area contributed by atoms with E-state index < -0.39 is 0 Å². The number of aryl methyl sites for hydroxylation is 1. The van der Waals surface area contributed by atoms with Crippen LogP contribution in [0.25, 0.3) is 0 Å². The van der Waals surface area contributed by atoms with Gasteiger partial charge in [-0.15, -0.1) is 35.3 Å². The molecule has 0 atom stereocenters. The molecule has 7 heteroatoms. The molecule has 0 amide bonds. The smallest absolute Gasteiger partial charge is 0.191 e. The summed E-state index contributed by atoms with van der Waals surface area (Å²) < 4.78 is 14.3. The monoisotopic (exact) mass is 497 g/mol. The summed E-state index contributed by atoms with van der Waals surface area (Å²) in [5.41, 5.74) is 1.68. The Balaban J connectivity index is 0.00000242. The number of guanidine groups is 1. The molecule has 0 spiro atoms. The van der Waals surface area contributed by atoms with Crippen molar-refractivity contribution in [3.05, 3.63) is 55.9 Å². The molecule has 0 unspecified atom stereocenters. The van der Waals surface area contributed by atoms with E-state index in [2.05, 4.69) is 43.0 Å². The van der Waals surface area contributed by atoms with Gasteiger partial charge in [-0.25, -0.2) is 4.39 Å². The molecule has 0 saturated carbocycles. The van der Waals surface area contributed by atoms with Gasteiger partial charge in [-0.05, 0) is 46.1 Å². The van der Waals surface area contributed by atoms with Gasteiger partial charge in [-0.3, -0.25) is 4.99 Å². The summed E-state index contributed by atoms with van der Waals surface area (Å²) in [7, 11) is 1.73. The van der Waals surface area contributed by atoms with Gasteiger partial charge in [-0.1, -0.05) is 12.1 Å². The Morgan fingerprint density at radius 2 is 2.00 bits per heavy atom. The van der Waals surface area contributed by atoms with E-state index in [1.807, 2.05) is 6.07 Å². The first-order valence-electron chi connectivity index (χ1n) is 6.51. The second kappa shape index (κ2) is 9.46. The van der Waals surface area contributed by atoms with Crippen molar-refractivity contribution < 1.29 is 4.39 Å². The first-order chi connectivity index (χ1) is 10.1. The summed E-state index contributed by atoms with van der Waals surface area (Å²) in [4.78, 5) is 5.40. The van der Waals surface area contributed by atoms with Crippen LogP contribution in [-0.2, 0) is 13.1 Å². The maximum atomic E-state index is 13.2. The van der Waals surface area contributed by atoms with Crippen LogP contribution >= 0.6 is 51.2 Å². The summed E-state index contributed by atoms with van der Waals surface area (Å²) in [6.07, 6.45) is 0. The van der Waals surface area contributed by atoms with Gasteiger partial charge in [0.05, 0.1) is 6.54 Å². The van der Waals surface area contributed by atoms with Gasteiger partial charge in [0.2, 0.25) is 0 Å². The zero-order valence-electron chi connectivity index (χ0n) is 12.3. The van der Waals surface area contributed by atoms with Crippen LogP contribution in [0.4, 0.5) is 4.39 Å². The van der Waals surface area contributed by atoms with Gasteiger partial charge in [0.1, 0.15) is 5.82 Å². The highest BCUT2D eigenvalue weighted by Crippen LogP contribution is 2.19. The first-order valence-corrected chi connectivity index (χ1v) is 8.18. The van der Waals surface area contributed by atoms with Crippen LogP contribution in [0.15, 0.2) is 39.1 Å². The molecule has 22 heavy (non-hydrogen) atoms. The van der Waals surface area contributed by atoms with E-state index >= 15 is 0 Å². The third-order valence-corrected chi connectivity index (χ3v) is 4.66. The number of halogens is 3. The molecular formula is C15H18BrFIN3S. The van der Waals surface area contributed by atoms with E-state index in [9.17, 15) is 4.39 Å². The molecule has 0 saturated heterocycles. The normalized spacial score (nSPS) is 11.0. The van der Waals surface area contributed by atoms with Crippen LogP contribution in [-0.4, -0.2) is 13.0 Å². The molecule has 0 radical (unpaired) electrons. The molecule has 2 rings (SSSR count). The van der Waals surface area contributed by atoms with Crippen molar-refractivity contribution in [1.82, 2.24) is 10.6 Å². The van der Waals surface area contributed by atoms with Crippen LogP contribution in [0.1, 0.15) is 16.0 Å². The largest absolute Gasteiger partial charge is 0.352 e. The first kappa shape index (κ1) is 19.4. The Morgan fingerprint density at radius 1 is 1.27 bits per heavy atom. The summed E-state index contributed by atoms with van der Waals surface area (Å²) in [5, 5.41) is 8.52. The van der Waals surface area contributed by atoms with E-state index in [1.165, 1.54) is 10.9 Å². The van der Waals surface area contributed by atoms with E-state index in [-0.39, 0.29) is 29.8 Å². The second-order valence-electron chi connectivity index (χ2n) is 4.59. The number of benzene rings is 1. The lowest BCUT2D eigenvalue weighted by molar-refractivity contribution is 0.617. The fraction of sp³-hybridized carbons (Fsp3) is 0.267. The molecule has 0 aliphatic heterocycles. The molecule has 2 aromatic rings. The molecule has 0 bridgehead atoms. The molecule has 3 nitrogen and oxygen atoms in total. The summed E-state index contributed by atoms with van der Waals surface area (Å²) in [6.45, 7) is 3.09. The number of aliphatic imine (C=N–C) groups is 1. The molecule has 120 valence electrons. The van der Waals surface area contributed by atoms with Crippen molar-refractivity contribution >= 4 is 57.2 Å². The van der Waals surface area contributed by atoms with Crippen molar-refractivity contribution in [2.45, 2.75) is 20.0 Å². The molecule has 0 aliphatic carbocycles. The zero-order chi connectivity index (χ0) is 15.2. The maximum Gasteiger partial charge on any atom is 0.191 e. The minimum absolute atomic E-state index is 0. The Labute approximate surface area is 159 Å². The lowest BCUT2D eigenvalue weighted by atomic mass is 10.1. The Bertz CT molecular complexity index is 645. The number of nitrogens with zero attached hydrogens (tertiary/aromatic N) is 1. The zero-order valence-corrected chi connectivity index (χ0v) is 17.1. The highest BCUT2D eigenvalue weighted by molar-refractivity contribution is 14.0. The number of thiophene rings is 1. The minimum Gasteiger partial charge on any atom is -0.352 e. The van der Waals surface area contributed by atoms with Gasteiger partial charge in [0, 0.05) is 28.3 Å². The third-order valence-electron chi connectivity index (χ3n) is 2.96. The van der Waals surface area contributed by atoms with Crippen molar-refractivity contribution in [3.8, 4) is 0 Å². The van der Waals surface area contributed by atoms with Gasteiger partial charge in [0.15, 0.2) is 5.96 Å². The molecule has 1 aromatic carbocycles. The van der Waals surface area contributed by atoms with Crippen LogP contribution < -0.4 is 10.6 Å². The average molecular weight is 498 g/mol. The number of rotatable bonds is 4. The molecule has 1 aromatic heterocycles. The molecule has 2 N–H and O–H groups in total. The predicted molar refractivity (Wildman–Crippen MR) is 106 cm³/mol. The van der Waals surface area contributed by atoms with Crippen molar-refractivity contribution in [2.24, 2.45) is 4.99 Å². The fourth-order valence-corrected chi connectivity index (χ4v) is 3.23. The Morgan fingerprint density at radius 3 is 2.59 bits per heavy atom. The van der Waals surface area contributed by atoms with Crippen LogP contribution in [0.3, 0.4) is 0 Å². The van der Waals surface area contributed by atoms with E-state index in [1.54, 1.807) is 31.4 Å². The lowest BCUT2D eigenvalue weighted by Crippen LogP contribution is -2.36. The number of nitrogens with one attached hydrogen (secondary N) is 2. The second-order valence-corrected chi connectivity index (χ2v) is 6.51. The van der Waals surface area contributed by atoms with Crippen LogP contribution in [0.5, 0.6) is 0 Å². The van der Waals surface area contributed by atoms with Crippen LogP contribution in [0, 0.1) is 12.7 Å². The Hall–Kier alpha value is -0.670. The minimum atomic E-state index is -0.176.